The first-order valence-electron chi connectivity index (χ1n) is 6.60. The molecule has 0 saturated heterocycles. The normalized spacial score (nSPS) is 11.0. The maximum atomic E-state index is 11.5. The summed E-state index contributed by atoms with van der Waals surface area (Å²) in [5, 5.41) is 16.5. The molecule has 9 nitrogen and oxygen atoms in total. The van der Waals surface area contributed by atoms with E-state index in [-0.39, 0.29) is 11.5 Å². The van der Waals surface area contributed by atoms with Crippen molar-refractivity contribution in [1.82, 2.24) is 10.7 Å². The molecule has 0 saturated carbocycles. The fourth-order valence-electron chi connectivity index (χ4n) is 1.49. The Morgan fingerprint density at radius 2 is 2.21 bits per heavy atom. The smallest absolute Gasteiger partial charge is 0.324 e. The number of nitro groups is 1. The number of rotatable bonds is 7. The Morgan fingerprint density at radius 1 is 1.38 bits per heavy atom. The van der Waals surface area contributed by atoms with Crippen molar-refractivity contribution in [3.63, 3.8) is 0 Å². The molecule has 0 aromatic carbocycles. The summed E-state index contributed by atoms with van der Waals surface area (Å²) in [6, 6.07) is 6.23. The second-order valence-electron chi connectivity index (χ2n) is 4.29. The Kier molecular flexibility index (Phi) is 5.97. The van der Waals surface area contributed by atoms with Gasteiger partial charge in [-0.1, -0.05) is 11.3 Å². The van der Waals surface area contributed by atoms with Gasteiger partial charge in [0.2, 0.25) is 5.91 Å². The number of nitrogens with one attached hydrogen (secondary N) is 2. The van der Waals surface area contributed by atoms with Crippen molar-refractivity contribution in [3.8, 4) is 0 Å². The first-order valence-corrected chi connectivity index (χ1v) is 7.42. The molecule has 2 N–H and O–H groups in total. The molecule has 0 aliphatic heterocycles. The van der Waals surface area contributed by atoms with Crippen LogP contribution in [0, 0.1) is 10.1 Å². The fraction of sp³-hybridized carbons (Fsp3) is 0.0714. The average Bonchev–Trinajstić information content (AvgIpc) is 3.22. The van der Waals surface area contributed by atoms with Gasteiger partial charge in [-0.2, -0.15) is 5.10 Å². The lowest BCUT2D eigenvalue weighted by atomic mass is 10.4. The van der Waals surface area contributed by atoms with Crippen LogP contribution in [0.1, 0.15) is 10.6 Å². The van der Waals surface area contributed by atoms with Gasteiger partial charge in [0.25, 0.3) is 5.91 Å². The minimum absolute atomic E-state index is 0.0154. The van der Waals surface area contributed by atoms with Gasteiger partial charge in [0, 0.05) is 12.1 Å². The number of carbonyl (C=O) groups is 2. The molecule has 0 aliphatic rings. The summed E-state index contributed by atoms with van der Waals surface area (Å²) in [6.45, 7) is -0.261. The molecule has 2 heterocycles. The minimum Gasteiger partial charge on any atom is -0.465 e. The maximum Gasteiger partial charge on any atom is 0.324 e. The quantitative estimate of drug-likeness (QED) is 0.339. The van der Waals surface area contributed by atoms with Crippen LogP contribution in [-0.2, 0) is 9.59 Å². The number of furan rings is 1. The topological polar surface area (TPSA) is 127 Å². The number of nitrogens with zero attached hydrogens (tertiary/aromatic N) is 2. The largest absolute Gasteiger partial charge is 0.465 e. The predicted octanol–water partition coefficient (Wildman–Crippen LogP) is 1.53. The average molecular weight is 348 g/mol. The third kappa shape index (κ3) is 5.50. The molecule has 0 unspecified atom stereocenters. The third-order valence-corrected chi connectivity index (χ3v) is 3.51. The fourth-order valence-corrected chi connectivity index (χ4v) is 2.18. The summed E-state index contributed by atoms with van der Waals surface area (Å²) in [6.07, 6.45) is 5.47. The van der Waals surface area contributed by atoms with Gasteiger partial charge < -0.3 is 9.73 Å². The van der Waals surface area contributed by atoms with Crippen molar-refractivity contribution in [2.45, 2.75) is 0 Å². The molecule has 2 aromatic rings. The highest BCUT2D eigenvalue weighted by molar-refractivity contribution is 7.16. The van der Waals surface area contributed by atoms with Crippen molar-refractivity contribution < 1.29 is 18.9 Å². The molecule has 0 atom stereocenters. The molecule has 2 rings (SSSR count). The van der Waals surface area contributed by atoms with Gasteiger partial charge in [-0.3, -0.25) is 19.7 Å². The molecular weight excluding hydrogens is 336 g/mol. The van der Waals surface area contributed by atoms with E-state index in [0.29, 0.717) is 10.6 Å². The van der Waals surface area contributed by atoms with E-state index in [0.717, 1.165) is 11.3 Å². The van der Waals surface area contributed by atoms with Crippen LogP contribution in [0.5, 0.6) is 0 Å². The van der Waals surface area contributed by atoms with Crippen molar-refractivity contribution >= 4 is 40.4 Å². The van der Waals surface area contributed by atoms with Crippen LogP contribution >= 0.6 is 11.3 Å². The first-order chi connectivity index (χ1) is 11.5. The number of hydrazone groups is 1. The summed E-state index contributed by atoms with van der Waals surface area (Å²) in [5.41, 5.74) is 2.20. The monoisotopic (exact) mass is 348 g/mol. The van der Waals surface area contributed by atoms with Crippen molar-refractivity contribution in [2.24, 2.45) is 5.10 Å². The van der Waals surface area contributed by atoms with Gasteiger partial charge >= 0.3 is 5.00 Å². The highest BCUT2D eigenvalue weighted by Crippen LogP contribution is 2.22. The SMILES string of the molecule is O=C(C=Cc1ccco1)NCC(=O)NN=Cc1ccc([N+](=O)[O-])s1. The van der Waals surface area contributed by atoms with Gasteiger partial charge in [-0.25, -0.2) is 5.43 Å². The number of hydrogen-bond donors (Lipinski definition) is 2. The Hall–Kier alpha value is -3.27. The van der Waals surface area contributed by atoms with E-state index in [1.165, 1.54) is 36.8 Å². The predicted molar refractivity (Wildman–Crippen MR) is 87.5 cm³/mol. The third-order valence-electron chi connectivity index (χ3n) is 2.54. The Morgan fingerprint density at radius 3 is 2.88 bits per heavy atom. The zero-order valence-electron chi connectivity index (χ0n) is 12.2. The van der Waals surface area contributed by atoms with E-state index in [1.54, 1.807) is 12.1 Å². The van der Waals surface area contributed by atoms with Crippen LogP contribution in [0.2, 0.25) is 0 Å². The zero-order valence-corrected chi connectivity index (χ0v) is 13.0. The van der Waals surface area contributed by atoms with Crippen LogP contribution < -0.4 is 10.7 Å². The standard InChI is InChI=1S/C14H12N4O5S/c19-12(5-3-10-2-1-7-23-10)15-9-13(20)17-16-8-11-4-6-14(24-11)18(21)22/h1-8H,9H2,(H,15,19)(H,17,20). The lowest BCUT2D eigenvalue weighted by Crippen LogP contribution is -2.33. The maximum absolute atomic E-state index is 11.5. The van der Waals surface area contributed by atoms with Crippen LogP contribution in [0.15, 0.2) is 46.1 Å². The summed E-state index contributed by atoms with van der Waals surface area (Å²) in [5.74, 6) is -0.472. The molecule has 0 aliphatic carbocycles. The molecule has 2 amide bonds. The van der Waals surface area contributed by atoms with Crippen molar-refractivity contribution in [2.75, 3.05) is 6.54 Å². The van der Waals surface area contributed by atoms with E-state index in [2.05, 4.69) is 15.8 Å². The van der Waals surface area contributed by atoms with Crippen LogP contribution in [0.4, 0.5) is 5.00 Å². The lowest BCUT2D eigenvalue weighted by Gasteiger charge is -2.00. The molecule has 0 fully saturated rings. The number of amides is 2. The van der Waals surface area contributed by atoms with Gasteiger partial charge in [-0.05, 0) is 24.3 Å². The van der Waals surface area contributed by atoms with Gasteiger partial charge in [0.1, 0.15) is 5.76 Å². The van der Waals surface area contributed by atoms with Gasteiger partial charge in [0.05, 0.1) is 28.8 Å². The van der Waals surface area contributed by atoms with Crippen LogP contribution in [-0.4, -0.2) is 29.5 Å². The van der Waals surface area contributed by atoms with Crippen molar-refractivity contribution in [1.29, 1.82) is 0 Å². The van der Waals surface area contributed by atoms with E-state index in [4.69, 9.17) is 4.42 Å². The highest BCUT2D eigenvalue weighted by atomic mass is 32.1. The molecule has 0 radical (unpaired) electrons. The molecular formula is C14H12N4O5S. The number of carbonyl (C=O) groups excluding carboxylic acids is 2. The van der Waals surface area contributed by atoms with Crippen LogP contribution in [0.3, 0.4) is 0 Å². The van der Waals surface area contributed by atoms with Crippen molar-refractivity contribution in [3.05, 3.63) is 57.4 Å². The van der Waals surface area contributed by atoms with E-state index in [1.807, 2.05) is 0 Å². The summed E-state index contributed by atoms with van der Waals surface area (Å²) in [4.78, 5) is 33.5. The molecule has 0 bridgehead atoms. The van der Waals surface area contributed by atoms with Gasteiger partial charge in [-0.15, -0.1) is 0 Å². The zero-order chi connectivity index (χ0) is 17.4. The second kappa shape index (κ2) is 8.39. The Bertz CT molecular complexity index is 779. The van der Waals surface area contributed by atoms with E-state index in [9.17, 15) is 19.7 Å². The lowest BCUT2D eigenvalue weighted by molar-refractivity contribution is -0.380. The summed E-state index contributed by atoms with van der Waals surface area (Å²) in [7, 11) is 0. The number of hydrogen-bond acceptors (Lipinski definition) is 7. The number of thiophene rings is 1. The summed E-state index contributed by atoms with van der Waals surface area (Å²) < 4.78 is 5.01. The summed E-state index contributed by atoms with van der Waals surface area (Å²) >= 11 is 0.929. The molecule has 24 heavy (non-hydrogen) atoms. The Balaban J connectivity index is 1.71. The minimum atomic E-state index is -0.531. The molecule has 2 aromatic heterocycles. The molecule has 10 heteroatoms. The van der Waals surface area contributed by atoms with E-state index < -0.39 is 16.7 Å². The Labute approximate surface area is 139 Å². The van der Waals surface area contributed by atoms with Crippen LogP contribution in [0.25, 0.3) is 6.08 Å². The van der Waals surface area contributed by atoms with E-state index >= 15 is 0 Å². The second-order valence-corrected chi connectivity index (χ2v) is 5.39. The highest BCUT2D eigenvalue weighted by Gasteiger charge is 2.08. The molecule has 0 spiro atoms. The molecule has 124 valence electrons. The first kappa shape index (κ1) is 17.1. The van der Waals surface area contributed by atoms with Gasteiger partial charge in [0.15, 0.2) is 0 Å².